The maximum Gasteiger partial charge on any atom is 0.412 e. The van der Waals surface area contributed by atoms with E-state index in [2.05, 4.69) is 0 Å². The van der Waals surface area contributed by atoms with E-state index in [0.29, 0.717) is 17.7 Å². The van der Waals surface area contributed by atoms with E-state index < -0.39 is 88.1 Å². The Kier molecular flexibility index (Phi) is 11.4. The molecule has 2 aromatic carbocycles. The van der Waals surface area contributed by atoms with Crippen LogP contribution in [0.25, 0.3) is 5.76 Å². The summed E-state index contributed by atoms with van der Waals surface area (Å²) in [6.45, 7) is 4.97. The fourth-order valence-electron chi connectivity index (χ4n) is 8.03. The standard InChI is InChI=1S/C40H50N4O11/c1-39(2,3)19-44(38(52)55-20-54-27(45)14-13-21-11-9-8-10-12-21)18-23-17-26(42(4)5)24-15-22-16-25-31(43(6)7)34(48)30(37(41)51)36(50)40(25,53)35(49)28(22)33(47)29(24)32(23)46/h8-12,17,22,25,31,46-47,50,53H,13-16,18-20H2,1-7H3,(H2,41,51)/t22-,25-,31-,40-/m0/s1. The number of Topliss-reactive ketones (excluding diaryl/α,β-unsaturated/α-hetero) is 2. The molecule has 0 bridgehead atoms. The van der Waals surface area contributed by atoms with Gasteiger partial charge in [0.1, 0.15) is 22.8 Å². The number of nitrogens with zero attached hydrogens (tertiary/aromatic N) is 3. The molecule has 0 aromatic heterocycles. The molecule has 0 unspecified atom stereocenters. The number of esters is 1. The van der Waals surface area contributed by atoms with E-state index in [1.807, 2.05) is 51.1 Å². The number of phenolic OH excluding ortho intramolecular Hbond substituents is 1. The molecule has 0 heterocycles. The number of primary amides is 1. The second-order valence-electron chi connectivity index (χ2n) is 16.1. The van der Waals surface area contributed by atoms with E-state index in [1.54, 1.807) is 25.1 Å². The lowest BCUT2D eigenvalue weighted by atomic mass is 9.57. The van der Waals surface area contributed by atoms with Crippen molar-refractivity contribution in [3.63, 3.8) is 0 Å². The van der Waals surface area contributed by atoms with Gasteiger partial charge >= 0.3 is 12.1 Å². The van der Waals surface area contributed by atoms with Crippen molar-refractivity contribution in [3.8, 4) is 5.75 Å². The lowest BCUT2D eigenvalue weighted by Crippen LogP contribution is -2.65. The average Bonchev–Trinajstić information content (AvgIpc) is 3.09. The van der Waals surface area contributed by atoms with Crippen LogP contribution in [0.3, 0.4) is 0 Å². The Hall–Kier alpha value is -5.41. The predicted octanol–water partition coefficient (Wildman–Crippen LogP) is 3.15. The minimum Gasteiger partial charge on any atom is -0.508 e. The van der Waals surface area contributed by atoms with Crippen molar-refractivity contribution in [2.24, 2.45) is 23.0 Å². The quantitative estimate of drug-likeness (QED) is 0.126. The van der Waals surface area contributed by atoms with Gasteiger partial charge in [-0.15, -0.1) is 0 Å². The van der Waals surface area contributed by atoms with E-state index in [4.69, 9.17) is 15.2 Å². The fraction of sp³-hybridized carbons (Fsp3) is 0.475. The number of aryl methyl sites for hydroxylation is 1. The monoisotopic (exact) mass is 762 g/mol. The molecule has 4 atom stereocenters. The van der Waals surface area contributed by atoms with Crippen LogP contribution in [0.5, 0.6) is 5.75 Å². The molecular formula is C40H50N4O11. The number of rotatable bonds is 11. The van der Waals surface area contributed by atoms with Crippen LogP contribution in [-0.4, -0.2) is 113 Å². The zero-order valence-corrected chi connectivity index (χ0v) is 32.2. The van der Waals surface area contributed by atoms with Gasteiger partial charge in [-0.3, -0.25) is 24.1 Å². The van der Waals surface area contributed by atoms with Gasteiger partial charge in [-0.2, -0.15) is 0 Å². The molecule has 5 rings (SSSR count). The van der Waals surface area contributed by atoms with Gasteiger partial charge in [-0.25, -0.2) is 4.79 Å². The average molecular weight is 763 g/mol. The number of hydrogen-bond donors (Lipinski definition) is 5. The number of likely N-dealkylation sites (N-methyl/N-ethyl adjacent to an activating group) is 1. The van der Waals surface area contributed by atoms with Crippen molar-refractivity contribution < 1.29 is 53.9 Å². The van der Waals surface area contributed by atoms with Crippen molar-refractivity contribution in [2.75, 3.05) is 46.4 Å². The van der Waals surface area contributed by atoms with Crippen molar-refractivity contribution in [2.45, 2.75) is 64.6 Å². The molecule has 0 saturated heterocycles. The highest BCUT2D eigenvalue weighted by Crippen LogP contribution is 2.54. The Morgan fingerprint density at radius 3 is 2.24 bits per heavy atom. The van der Waals surface area contributed by atoms with Gasteiger partial charge in [0.15, 0.2) is 11.4 Å². The number of nitrogens with two attached hydrogens (primary N) is 1. The summed E-state index contributed by atoms with van der Waals surface area (Å²) in [5.41, 5.74) is 3.09. The van der Waals surface area contributed by atoms with E-state index in [1.165, 1.54) is 23.9 Å². The second kappa shape index (κ2) is 15.4. The van der Waals surface area contributed by atoms with Crippen molar-refractivity contribution >= 4 is 41.0 Å². The highest BCUT2D eigenvalue weighted by atomic mass is 16.7. The molecular weight excluding hydrogens is 712 g/mol. The number of aliphatic hydroxyl groups excluding tert-OH is 2. The molecule has 6 N–H and O–H groups in total. The van der Waals surface area contributed by atoms with Gasteiger partial charge in [0.2, 0.25) is 12.6 Å². The number of benzene rings is 2. The molecule has 15 heteroatoms. The summed E-state index contributed by atoms with van der Waals surface area (Å²) >= 11 is 0. The molecule has 1 fully saturated rings. The van der Waals surface area contributed by atoms with E-state index in [0.717, 1.165) is 5.56 Å². The number of hydrogen-bond acceptors (Lipinski definition) is 13. The van der Waals surface area contributed by atoms with Crippen LogP contribution >= 0.6 is 0 Å². The zero-order valence-electron chi connectivity index (χ0n) is 32.2. The maximum absolute atomic E-state index is 14.3. The minimum atomic E-state index is -2.78. The number of aromatic hydroxyl groups is 1. The summed E-state index contributed by atoms with van der Waals surface area (Å²) in [4.78, 5) is 70.4. The number of ketones is 2. The third-order valence-corrected chi connectivity index (χ3v) is 10.4. The van der Waals surface area contributed by atoms with E-state index in [9.17, 15) is 44.4 Å². The molecule has 3 aliphatic carbocycles. The third kappa shape index (κ3) is 7.76. The molecule has 3 aliphatic rings. The molecule has 2 aromatic rings. The predicted molar refractivity (Wildman–Crippen MR) is 201 cm³/mol. The van der Waals surface area contributed by atoms with Gasteiger partial charge < -0.3 is 45.4 Å². The summed E-state index contributed by atoms with van der Waals surface area (Å²) in [6, 6.07) is 9.84. The second-order valence-corrected chi connectivity index (χ2v) is 16.1. The van der Waals surface area contributed by atoms with Gasteiger partial charge in [0.25, 0.3) is 5.91 Å². The maximum atomic E-state index is 14.3. The third-order valence-electron chi connectivity index (χ3n) is 10.4. The molecule has 15 nitrogen and oxygen atoms in total. The van der Waals surface area contributed by atoms with Crippen molar-refractivity contribution in [1.29, 1.82) is 0 Å². The van der Waals surface area contributed by atoms with Gasteiger partial charge in [0, 0.05) is 49.8 Å². The molecule has 1 saturated carbocycles. The topological polar surface area (TPSA) is 220 Å². The zero-order chi connectivity index (χ0) is 40.7. The van der Waals surface area contributed by atoms with Crippen molar-refractivity contribution in [1.82, 2.24) is 9.80 Å². The lowest BCUT2D eigenvalue weighted by Gasteiger charge is -2.50. The summed E-state index contributed by atoms with van der Waals surface area (Å²) in [7, 11) is 6.58. The molecule has 0 radical (unpaired) electrons. The van der Waals surface area contributed by atoms with Crippen LogP contribution in [0, 0.1) is 17.3 Å². The molecule has 296 valence electrons. The Balaban J connectivity index is 1.48. The van der Waals surface area contributed by atoms with Crippen molar-refractivity contribution in [3.05, 3.63) is 75.6 Å². The molecule has 2 amide bonds. The molecule has 0 spiro atoms. The first-order valence-corrected chi connectivity index (χ1v) is 18.0. The SMILES string of the molecule is CN(C)c1cc(CN(CC(C)(C)C)C(=O)OCOC(=O)CCc2ccccc2)c(O)c2c1C[C@H]1C[C@H]3[C@H](N(C)C)C(=O)C(C(N)=O)=C(O)[C@@]3(O)C(=O)C1=C2O. The number of phenols is 1. The highest BCUT2D eigenvalue weighted by molar-refractivity contribution is 6.24. The first-order valence-electron chi connectivity index (χ1n) is 18.0. The van der Waals surface area contributed by atoms with E-state index in [-0.39, 0.29) is 49.1 Å². The van der Waals surface area contributed by atoms with Crippen LogP contribution in [0.1, 0.15) is 55.9 Å². The van der Waals surface area contributed by atoms with Crippen LogP contribution in [0.4, 0.5) is 10.5 Å². The number of carbonyl (C=O) groups excluding carboxylic acids is 5. The van der Waals surface area contributed by atoms with Crippen LogP contribution < -0.4 is 10.6 Å². The summed E-state index contributed by atoms with van der Waals surface area (Å²) in [5, 5.41) is 46.9. The number of carbonyl (C=O) groups is 5. The Bertz CT molecular complexity index is 1960. The summed E-state index contributed by atoms with van der Waals surface area (Å²) < 4.78 is 10.5. The largest absolute Gasteiger partial charge is 0.508 e. The lowest BCUT2D eigenvalue weighted by molar-refractivity contribution is -0.154. The van der Waals surface area contributed by atoms with Gasteiger partial charge in [0.05, 0.1) is 18.2 Å². The number of fused-ring (bicyclic) bond motifs is 3. The number of amides is 2. The first kappa shape index (κ1) is 40.8. The first-order chi connectivity index (χ1) is 25.7. The van der Waals surface area contributed by atoms with Crippen LogP contribution in [0.2, 0.25) is 0 Å². The fourth-order valence-corrected chi connectivity index (χ4v) is 8.03. The summed E-state index contributed by atoms with van der Waals surface area (Å²) in [5.74, 6) is -8.05. The minimum absolute atomic E-state index is 0.0524. The number of ether oxygens (including phenoxy) is 2. The van der Waals surface area contributed by atoms with Crippen LogP contribution in [0.15, 0.2) is 53.3 Å². The number of aliphatic hydroxyl groups is 3. The Labute approximate surface area is 319 Å². The van der Waals surface area contributed by atoms with Gasteiger partial charge in [-0.05, 0) is 61.9 Å². The Morgan fingerprint density at radius 2 is 1.65 bits per heavy atom. The molecule has 0 aliphatic heterocycles. The molecule has 55 heavy (non-hydrogen) atoms. The van der Waals surface area contributed by atoms with Gasteiger partial charge in [-0.1, -0.05) is 51.1 Å². The number of anilines is 1. The normalized spacial score (nSPS) is 22.2. The smallest absolute Gasteiger partial charge is 0.412 e. The Morgan fingerprint density at radius 1 is 1.00 bits per heavy atom. The van der Waals surface area contributed by atoms with Crippen LogP contribution in [-0.2, 0) is 48.0 Å². The highest BCUT2D eigenvalue weighted by Gasteiger charge is 2.64. The van der Waals surface area contributed by atoms with E-state index >= 15 is 0 Å². The summed E-state index contributed by atoms with van der Waals surface area (Å²) in [6.07, 6.45) is -0.251.